The molecule has 0 saturated carbocycles. The molecule has 34 heavy (non-hydrogen) atoms. The predicted molar refractivity (Wildman–Crippen MR) is 132 cm³/mol. The summed E-state index contributed by atoms with van der Waals surface area (Å²) in [6.07, 6.45) is 3.23. The van der Waals surface area contributed by atoms with Crippen molar-refractivity contribution in [3.63, 3.8) is 0 Å². The minimum Gasteiger partial charge on any atom is -0.453 e. The molecule has 176 valence electrons. The number of ether oxygens (including phenoxy) is 1. The van der Waals surface area contributed by atoms with Crippen LogP contribution in [0, 0.1) is 0 Å². The molecule has 0 bridgehead atoms. The first-order valence-electron chi connectivity index (χ1n) is 11.7. The molecule has 5 rings (SSSR count). The molecule has 2 aliphatic rings. The summed E-state index contributed by atoms with van der Waals surface area (Å²) in [7, 11) is 1.38. The maximum atomic E-state index is 12.5. The normalized spacial score (nSPS) is 17.8. The Labute approximate surface area is 198 Å². The van der Waals surface area contributed by atoms with Crippen LogP contribution in [-0.2, 0) is 11.2 Å². The van der Waals surface area contributed by atoms with Gasteiger partial charge in [-0.1, -0.05) is 24.3 Å². The van der Waals surface area contributed by atoms with Gasteiger partial charge in [0.2, 0.25) is 0 Å². The number of hydrogen-bond acceptors (Lipinski definition) is 5. The molecule has 1 fully saturated rings. The number of nitrogens with one attached hydrogen (secondary N) is 3. The molecule has 1 unspecified atom stereocenters. The molecule has 0 radical (unpaired) electrons. The highest BCUT2D eigenvalue weighted by Gasteiger charge is 2.24. The van der Waals surface area contributed by atoms with Gasteiger partial charge in [0.15, 0.2) is 0 Å². The lowest BCUT2D eigenvalue weighted by molar-refractivity contribution is 0.110. The van der Waals surface area contributed by atoms with Crippen LogP contribution in [0.15, 0.2) is 54.6 Å². The number of piperidine rings is 1. The lowest BCUT2D eigenvalue weighted by Gasteiger charge is -2.31. The van der Waals surface area contributed by atoms with Gasteiger partial charge in [-0.15, -0.1) is 0 Å². The summed E-state index contributed by atoms with van der Waals surface area (Å²) in [6, 6.07) is 18.3. The minimum absolute atomic E-state index is 0.0254. The lowest BCUT2D eigenvalue weighted by atomic mass is 10.1. The third-order valence-corrected chi connectivity index (χ3v) is 6.67. The van der Waals surface area contributed by atoms with Crippen LogP contribution in [0.3, 0.4) is 0 Å². The number of methoxy groups -OCH3 is 1. The average Bonchev–Trinajstić information content (AvgIpc) is 3.27. The number of fused-ring (bicyclic) bond motifs is 2. The Morgan fingerprint density at radius 1 is 1.03 bits per heavy atom. The Balaban J connectivity index is 1.18. The van der Waals surface area contributed by atoms with Crippen molar-refractivity contribution in [2.75, 3.05) is 30.8 Å². The summed E-state index contributed by atoms with van der Waals surface area (Å²) in [5, 5.41) is 10.4. The molecule has 8 heteroatoms. The molecule has 1 aliphatic carbocycles. The zero-order valence-electron chi connectivity index (χ0n) is 19.2. The Hall–Kier alpha value is -3.81. The molecule has 2 heterocycles. The van der Waals surface area contributed by atoms with Crippen LogP contribution in [0.25, 0.3) is 10.9 Å². The number of benzene rings is 2. The third kappa shape index (κ3) is 4.76. The van der Waals surface area contributed by atoms with E-state index in [4.69, 9.17) is 9.72 Å². The molecule has 8 nitrogen and oxygen atoms in total. The Morgan fingerprint density at radius 3 is 2.68 bits per heavy atom. The number of urea groups is 1. The number of rotatable bonds is 4. The second-order valence-electron chi connectivity index (χ2n) is 8.87. The number of likely N-dealkylation sites (tertiary alicyclic amines) is 1. The summed E-state index contributed by atoms with van der Waals surface area (Å²) in [4.78, 5) is 30.5. The van der Waals surface area contributed by atoms with E-state index in [0.29, 0.717) is 31.6 Å². The number of pyridine rings is 1. The summed E-state index contributed by atoms with van der Waals surface area (Å²) in [5.41, 5.74) is 4.34. The molecule has 2 aromatic carbocycles. The van der Waals surface area contributed by atoms with E-state index in [1.807, 2.05) is 30.3 Å². The number of anilines is 2. The molecular weight excluding hydrogens is 430 g/mol. The van der Waals surface area contributed by atoms with E-state index >= 15 is 0 Å². The number of nitrogens with zero attached hydrogens (tertiary/aromatic N) is 2. The van der Waals surface area contributed by atoms with E-state index < -0.39 is 0 Å². The van der Waals surface area contributed by atoms with Crippen molar-refractivity contribution < 1.29 is 14.3 Å². The molecular formula is C26H29N5O3. The molecule has 3 amide bonds. The van der Waals surface area contributed by atoms with Crippen LogP contribution in [0.4, 0.5) is 21.1 Å². The second kappa shape index (κ2) is 9.59. The Morgan fingerprint density at radius 2 is 1.85 bits per heavy atom. The third-order valence-electron chi connectivity index (χ3n) is 6.67. The topological polar surface area (TPSA) is 95.6 Å². The summed E-state index contributed by atoms with van der Waals surface area (Å²) in [6.45, 7) is 1.14. The van der Waals surface area contributed by atoms with Crippen molar-refractivity contribution in [3.05, 3.63) is 65.7 Å². The van der Waals surface area contributed by atoms with Crippen molar-refractivity contribution in [3.8, 4) is 0 Å². The number of hydrogen-bond donors (Lipinski definition) is 3. The molecule has 0 spiro atoms. The van der Waals surface area contributed by atoms with Crippen LogP contribution in [-0.4, -0.2) is 48.2 Å². The fourth-order valence-electron chi connectivity index (χ4n) is 4.86. The van der Waals surface area contributed by atoms with Gasteiger partial charge in [-0.25, -0.2) is 14.6 Å². The van der Waals surface area contributed by atoms with Gasteiger partial charge < -0.3 is 25.6 Å². The smallest absolute Gasteiger partial charge is 0.409 e. The maximum absolute atomic E-state index is 12.5. The number of aromatic nitrogens is 1. The molecule has 1 saturated heterocycles. The van der Waals surface area contributed by atoms with Gasteiger partial charge in [0.25, 0.3) is 0 Å². The molecule has 1 aromatic heterocycles. The van der Waals surface area contributed by atoms with Gasteiger partial charge in [-0.3, -0.25) is 0 Å². The number of aryl methyl sites for hydroxylation is 1. The van der Waals surface area contributed by atoms with E-state index in [-0.39, 0.29) is 24.2 Å². The standard InChI is InChI=1S/C26H29N5O3/c1-34-26(33)31-14-12-19(13-15-31)27-25(32)28-20-8-10-22-18(16-20)7-11-24(29-22)30-23-9-6-17-4-2-3-5-21(17)23/h2-5,7-8,10-11,16,19,23H,6,9,12-15H2,1H3,(H,29,30)(H2,27,28,32). The number of carbonyl (C=O) groups is 2. The highest BCUT2D eigenvalue weighted by atomic mass is 16.5. The average molecular weight is 460 g/mol. The van der Waals surface area contributed by atoms with Crippen molar-refractivity contribution in [1.82, 2.24) is 15.2 Å². The largest absolute Gasteiger partial charge is 0.453 e. The van der Waals surface area contributed by atoms with Crippen LogP contribution in [0.2, 0.25) is 0 Å². The Bertz CT molecular complexity index is 1210. The summed E-state index contributed by atoms with van der Waals surface area (Å²) >= 11 is 0. The number of carbonyl (C=O) groups excluding carboxylic acids is 2. The van der Waals surface area contributed by atoms with E-state index in [0.717, 1.165) is 29.6 Å². The van der Waals surface area contributed by atoms with Crippen LogP contribution in [0.1, 0.15) is 36.4 Å². The van der Waals surface area contributed by atoms with E-state index in [9.17, 15) is 9.59 Å². The fraction of sp³-hybridized carbons (Fsp3) is 0.346. The first kappa shape index (κ1) is 22.0. The zero-order valence-corrected chi connectivity index (χ0v) is 19.2. The van der Waals surface area contributed by atoms with E-state index in [1.54, 1.807) is 4.90 Å². The minimum atomic E-state index is -0.320. The monoisotopic (exact) mass is 459 g/mol. The van der Waals surface area contributed by atoms with Gasteiger partial charge in [0.1, 0.15) is 5.82 Å². The van der Waals surface area contributed by atoms with E-state index in [1.165, 1.54) is 18.2 Å². The zero-order chi connectivity index (χ0) is 23.5. The van der Waals surface area contributed by atoms with Gasteiger partial charge in [-0.05, 0) is 67.1 Å². The predicted octanol–water partition coefficient (Wildman–Crippen LogP) is 4.69. The quantitative estimate of drug-likeness (QED) is 0.526. The van der Waals surface area contributed by atoms with Crippen LogP contribution >= 0.6 is 0 Å². The molecule has 1 atom stereocenters. The van der Waals surface area contributed by atoms with Crippen molar-refractivity contribution in [2.45, 2.75) is 37.8 Å². The summed E-state index contributed by atoms with van der Waals surface area (Å²) in [5.74, 6) is 0.853. The van der Waals surface area contributed by atoms with Crippen molar-refractivity contribution >= 4 is 34.5 Å². The second-order valence-corrected chi connectivity index (χ2v) is 8.87. The molecule has 3 aromatic rings. The number of amides is 3. The van der Waals surface area contributed by atoms with Crippen LogP contribution < -0.4 is 16.0 Å². The van der Waals surface area contributed by atoms with Gasteiger partial charge in [0, 0.05) is 30.2 Å². The highest BCUT2D eigenvalue weighted by Crippen LogP contribution is 2.33. The SMILES string of the molecule is COC(=O)N1CCC(NC(=O)Nc2ccc3nc(NC4CCc5ccccc54)ccc3c2)CC1. The van der Waals surface area contributed by atoms with Gasteiger partial charge in [-0.2, -0.15) is 0 Å². The van der Waals surface area contributed by atoms with E-state index in [2.05, 4.69) is 40.2 Å². The van der Waals surface area contributed by atoms with Gasteiger partial charge >= 0.3 is 12.1 Å². The first-order chi connectivity index (χ1) is 16.6. The molecule has 1 aliphatic heterocycles. The lowest BCUT2D eigenvalue weighted by Crippen LogP contribution is -2.47. The fourth-order valence-corrected chi connectivity index (χ4v) is 4.86. The summed E-state index contributed by atoms with van der Waals surface area (Å²) < 4.78 is 4.75. The van der Waals surface area contributed by atoms with Gasteiger partial charge in [0.05, 0.1) is 18.7 Å². The molecule has 3 N–H and O–H groups in total. The highest BCUT2D eigenvalue weighted by molar-refractivity contribution is 5.93. The maximum Gasteiger partial charge on any atom is 0.409 e. The first-order valence-corrected chi connectivity index (χ1v) is 11.7. The van der Waals surface area contributed by atoms with Crippen molar-refractivity contribution in [2.24, 2.45) is 0 Å². The van der Waals surface area contributed by atoms with Crippen molar-refractivity contribution in [1.29, 1.82) is 0 Å². The van der Waals surface area contributed by atoms with Crippen LogP contribution in [0.5, 0.6) is 0 Å². The Kier molecular flexibility index (Phi) is 6.20.